The molecule has 2 nitrogen and oxygen atoms in total. The molecule has 100 valence electrons. The van der Waals surface area contributed by atoms with Crippen molar-refractivity contribution in [2.75, 3.05) is 11.9 Å². The Morgan fingerprint density at radius 2 is 1.79 bits per heavy atom. The van der Waals surface area contributed by atoms with Crippen LogP contribution in [0.1, 0.15) is 11.7 Å². The number of nitrogens with one attached hydrogen (secondary N) is 1. The maximum atomic E-state index is 10.1. The van der Waals surface area contributed by atoms with Crippen molar-refractivity contribution in [1.29, 1.82) is 0 Å². The third-order valence-corrected chi connectivity index (χ3v) is 3.73. The number of benzene rings is 2. The van der Waals surface area contributed by atoms with Gasteiger partial charge in [0.2, 0.25) is 0 Å². The molecule has 0 saturated carbocycles. The van der Waals surface area contributed by atoms with Crippen LogP contribution in [0.3, 0.4) is 0 Å². The third-order valence-electron chi connectivity index (χ3n) is 2.67. The lowest BCUT2D eigenvalue weighted by Crippen LogP contribution is -2.12. The van der Waals surface area contributed by atoms with Crippen molar-refractivity contribution in [3.05, 3.63) is 62.5 Å². The fourth-order valence-electron chi connectivity index (χ4n) is 1.64. The summed E-state index contributed by atoms with van der Waals surface area (Å²) in [7, 11) is 0. The Kier molecular flexibility index (Phi) is 5.11. The summed E-state index contributed by atoms with van der Waals surface area (Å²) in [5.41, 5.74) is 1.60. The van der Waals surface area contributed by atoms with E-state index in [1.807, 2.05) is 12.1 Å². The molecule has 0 radical (unpaired) electrons. The van der Waals surface area contributed by atoms with Crippen molar-refractivity contribution >= 4 is 44.8 Å². The molecule has 0 aromatic heterocycles. The van der Waals surface area contributed by atoms with E-state index in [9.17, 15) is 5.11 Å². The highest BCUT2D eigenvalue weighted by atomic mass is 79.9. The van der Waals surface area contributed by atoms with E-state index in [1.54, 1.807) is 30.3 Å². The molecule has 0 amide bonds. The van der Waals surface area contributed by atoms with E-state index < -0.39 is 6.10 Å². The van der Waals surface area contributed by atoms with Gasteiger partial charge in [-0.25, -0.2) is 0 Å². The van der Waals surface area contributed by atoms with Gasteiger partial charge in [-0.15, -0.1) is 0 Å². The Hall–Kier alpha value is -0.740. The fraction of sp³-hybridized carbons (Fsp3) is 0.143. The molecule has 0 spiro atoms. The molecule has 5 heteroatoms. The van der Waals surface area contributed by atoms with Gasteiger partial charge in [0.15, 0.2) is 0 Å². The van der Waals surface area contributed by atoms with Crippen LogP contribution in [0, 0.1) is 0 Å². The molecule has 19 heavy (non-hydrogen) atoms. The van der Waals surface area contributed by atoms with Crippen LogP contribution >= 0.6 is 39.1 Å². The summed E-state index contributed by atoms with van der Waals surface area (Å²) in [4.78, 5) is 0. The molecule has 0 aliphatic heterocycles. The van der Waals surface area contributed by atoms with Crippen molar-refractivity contribution in [3.8, 4) is 0 Å². The maximum absolute atomic E-state index is 10.1. The maximum Gasteiger partial charge on any atom is 0.0962 e. The first-order valence-electron chi connectivity index (χ1n) is 5.69. The lowest BCUT2D eigenvalue weighted by molar-refractivity contribution is 0.191. The highest BCUT2D eigenvalue weighted by Crippen LogP contribution is 2.26. The lowest BCUT2D eigenvalue weighted by atomic mass is 10.1. The van der Waals surface area contributed by atoms with Crippen LogP contribution in [-0.4, -0.2) is 11.7 Å². The molecule has 2 aromatic rings. The zero-order chi connectivity index (χ0) is 13.8. The van der Waals surface area contributed by atoms with Crippen LogP contribution in [0.4, 0.5) is 5.69 Å². The second kappa shape index (κ2) is 6.62. The van der Waals surface area contributed by atoms with E-state index in [0.717, 1.165) is 15.7 Å². The normalized spacial score (nSPS) is 12.2. The molecule has 0 heterocycles. The summed E-state index contributed by atoms with van der Waals surface area (Å²) < 4.78 is 0.918. The molecule has 0 bridgehead atoms. The smallest absolute Gasteiger partial charge is 0.0962 e. The average molecular weight is 361 g/mol. The summed E-state index contributed by atoms with van der Waals surface area (Å²) in [6.45, 7) is 0.378. The van der Waals surface area contributed by atoms with E-state index in [0.29, 0.717) is 16.6 Å². The summed E-state index contributed by atoms with van der Waals surface area (Å²) in [6, 6.07) is 12.7. The number of hydrogen-bond donors (Lipinski definition) is 2. The molecule has 2 rings (SSSR count). The molecular formula is C14H12BrCl2NO. The number of aliphatic hydroxyl groups excluding tert-OH is 1. The highest BCUT2D eigenvalue weighted by molar-refractivity contribution is 9.10. The Balaban J connectivity index is 2.00. The van der Waals surface area contributed by atoms with E-state index in [-0.39, 0.29) is 0 Å². The van der Waals surface area contributed by atoms with E-state index >= 15 is 0 Å². The molecule has 2 N–H and O–H groups in total. The number of anilines is 1. The van der Waals surface area contributed by atoms with Crippen LogP contribution in [0.25, 0.3) is 0 Å². The molecule has 1 atom stereocenters. The average Bonchev–Trinajstić information content (AvgIpc) is 2.38. The van der Waals surface area contributed by atoms with Gasteiger partial charge in [0, 0.05) is 16.0 Å². The summed E-state index contributed by atoms with van der Waals surface area (Å²) in [5, 5.41) is 14.4. The Morgan fingerprint density at radius 3 is 2.42 bits per heavy atom. The van der Waals surface area contributed by atoms with E-state index in [1.165, 1.54) is 0 Å². The number of rotatable bonds is 4. The van der Waals surface area contributed by atoms with Gasteiger partial charge in [-0.05, 0) is 35.9 Å². The van der Waals surface area contributed by atoms with Crippen molar-refractivity contribution in [3.63, 3.8) is 0 Å². The van der Waals surface area contributed by atoms with Gasteiger partial charge in [0.1, 0.15) is 0 Å². The number of aliphatic hydroxyl groups is 1. The quantitative estimate of drug-likeness (QED) is 0.812. The first kappa shape index (κ1) is 14.7. The molecule has 1 unspecified atom stereocenters. The van der Waals surface area contributed by atoms with Gasteiger partial charge in [0.05, 0.1) is 16.8 Å². The zero-order valence-corrected chi connectivity index (χ0v) is 13.0. The molecule has 0 fully saturated rings. The van der Waals surface area contributed by atoms with Crippen molar-refractivity contribution in [2.24, 2.45) is 0 Å². The summed E-state index contributed by atoms with van der Waals surface area (Å²) in [6.07, 6.45) is -0.614. The van der Waals surface area contributed by atoms with Crippen LogP contribution in [0.2, 0.25) is 10.0 Å². The van der Waals surface area contributed by atoms with Crippen molar-refractivity contribution in [2.45, 2.75) is 6.10 Å². The van der Waals surface area contributed by atoms with Gasteiger partial charge in [-0.1, -0.05) is 51.3 Å². The minimum atomic E-state index is -0.614. The van der Waals surface area contributed by atoms with Gasteiger partial charge >= 0.3 is 0 Å². The Bertz CT molecular complexity index is 560. The molecular weight excluding hydrogens is 349 g/mol. The van der Waals surface area contributed by atoms with Crippen LogP contribution in [0.15, 0.2) is 46.9 Å². The monoisotopic (exact) mass is 359 g/mol. The topological polar surface area (TPSA) is 32.3 Å². The molecule has 0 saturated heterocycles. The SMILES string of the molecule is OC(CNc1ccc(Br)cc1Cl)c1ccc(Cl)cc1. The fourth-order valence-corrected chi connectivity index (χ4v) is 2.51. The largest absolute Gasteiger partial charge is 0.387 e. The van der Waals surface area contributed by atoms with E-state index in [4.69, 9.17) is 23.2 Å². The molecule has 0 aliphatic rings. The van der Waals surface area contributed by atoms with Crippen molar-refractivity contribution < 1.29 is 5.11 Å². The number of hydrogen-bond acceptors (Lipinski definition) is 2. The Labute approximate surface area is 130 Å². The van der Waals surface area contributed by atoms with Crippen LogP contribution in [0.5, 0.6) is 0 Å². The standard InChI is InChI=1S/C14H12BrCl2NO/c15-10-3-6-13(12(17)7-10)18-8-14(19)9-1-4-11(16)5-2-9/h1-7,14,18-19H,8H2. The van der Waals surface area contributed by atoms with Crippen molar-refractivity contribution in [1.82, 2.24) is 0 Å². The van der Waals surface area contributed by atoms with Gasteiger partial charge in [-0.3, -0.25) is 0 Å². The van der Waals surface area contributed by atoms with Crippen LogP contribution < -0.4 is 5.32 Å². The minimum absolute atomic E-state index is 0.378. The third kappa shape index (κ3) is 4.11. The molecule has 2 aromatic carbocycles. The lowest BCUT2D eigenvalue weighted by Gasteiger charge is -2.14. The van der Waals surface area contributed by atoms with Gasteiger partial charge in [-0.2, -0.15) is 0 Å². The zero-order valence-electron chi connectivity index (χ0n) is 9.91. The predicted octanol–water partition coefficient (Wildman–Crippen LogP) is 4.90. The van der Waals surface area contributed by atoms with E-state index in [2.05, 4.69) is 21.2 Å². The first-order valence-corrected chi connectivity index (χ1v) is 7.23. The molecule has 0 aliphatic carbocycles. The van der Waals surface area contributed by atoms with Crippen LogP contribution in [-0.2, 0) is 0 Å². The summed E-state index contributed by atoms with van der Waals surface area (Å²) >= 11 is 15.2. The minimum Gasteiger partial charge on any atom is -0.387 e. The first-order chi connectivity index (χ1) is 9.06. The highest BCUT2D eigenvalue weighted by Gasteiger charge is 2.08. The van der Waals surface area contributed by atoms with Gasteiger partial charge in [0.25, 0.3) is 0 Å². The van der Waals surface area contributed by atoms with Gasteiger partial charge < -0.3 is 10.4 Å². The predicted molar refractivity (Wildman–Crippen MR) is 84.1 cm³/mol. The Morgan fingerprint density at radius 1 is 1.11 bits per heavy atom. The second-order valence-electron chi connectivity index (χ2n) is 4.07. The number of halogens is 3. The second-order valence-corrected chi connectivity index (χ2v) is 5.83. The summed E-state index contributed by atoms with van der Waals surface area (Å²) in [5.74, 6) is 0.